The summed E-state index contributed by atoms with van der Waals surface area (Å²) in [7, 11) is 0. The van der Waals surface area contributed by atoms with Crippen LogP contribution >= 0.6 is 11.8 Å². The third kappa shape index (κ3) is 2.36. The van der Waals surface area contributed by atoms with Crippen LogP contribution in [0.2, 0.25) is 0 Å². The van der Waals surface area contributed by atoms with E-state index >= 15 is 0 Å². The number of carbonyl (C=O) groups is 2. The van der Waals surface area contributed by atoms with Crippen LogP contribution in [0.25, 0.3) is 0 Å². The molecular weight excluding hydrogens is 240 g/mol. The number of nitrogens with zero attached hydrogens (tertiary/aromatic N) is 2. The molecule has 2 aliphatic rings. The first-order valence-corrected chi connectivity index (χ1v) is 7.04. The highest BCUT2D eigenvalue weighted by molar-refractivity contribution is 8.00. The largest absolute Gasteiger partial charge is 0.480 e. The third-order valence-electron chi connectivity index (χ3n) is 3.30. The van der Waals surface area contributed by atoms with Gasteiger partial charge in [0, 0.05) is 18.3 Å². The molecule has 1 heterocycles. The molecule has 0 spiro atoms. The van der Waals surface area contributed by atoms with E-state index in [1.807, 2.05) is 13.8 Å². The van der Waals surface area contributed by atoms with Crippen molar-refractivity contribution in [3.05, 3.63) is 0 Å². The summed E-state index contributed by atoms with van der Waals surface area (Å²) in [6.45, 7) is 4.50. The number of carbonyl (C=O) groups excluding carboxylic acids is 1. The maximum absolute atomic E-state index is 12.4. The summed E-state index contributed by atoms with van der Waals surface area (Å²) in [4.78, 5) is 26.8. The Kier molecular flexibility index (Phi) is 3.51. The second kappa shape index (κ2) is 4.76. The molecule has 96 valence electrons. The van der Waals surface area contributed by atoms with E-state index < -0.39 is 12.0 Å². The summed E-state index contributed by atoms with van der Waals surface area (Å²) < 4.78 is 0. The zero-order valence-electron chi connectivity index (χ0n) is 10.1. The second-order valence-corrected chi connectivity index (χ2v) is 5.84. The van der Waals surface area contributed by atoms with Gasteiger partial charge in [-0.1, -0.05) is 0 Å². The molecule has 5 nitrogen and oxygen atoms in total. The van der Waals surface area contributed by atoms with E-state index in [0.717, 1.165) is 12.8 Å². The first-order chi connectivity index (χ1) is 8.06. The fourth-order valence-corrected chi connectivity index (χ4v) is 3.37. The Hall–Kier alpha value is -0.910. The Morgan fingerprint density at radius 3 is 2.59 bits per heavy atom. The van der Waals surface area contributed by atoms with Gasteiger partial charge < -0.3 is 10.0 Å². The number of amides is 2. The lowest BCUT2D eigenvalue weighted by Crippen LogP contribution is -2.51. The highest BCUT2D eigenvalue weighted by Gasteiger charge is 2.43. The lowest BCUT2D eigenvalue weighted by Gasteiger charge is -2.31. The molecule has 0 aromatic rings. The smallest absolute Gasteiger partial charge is 0.327 e. The zero-order chi connectivity index (χ0) is 12.6. The SMILES string of the molecule is CCN(C(=O)N1C(C)SCC1C(=O)O)C1CC1. The molecule has 0 bridgehead atoms. The number of urea groups is 1. The molecule has 17 heavy (non-hydrogen) atoms. The van der Waals surface area contributed by atoms with Crippen LogP contribution in [0.5, 0.6) is 0 Å². The minimum atomic E-state index is -0.901. The number of rotatable bonds is 3. The van der Waals surface area contributed by atoms with E-state index in [0.29, 0.717) is 18.3 Å². The van der Waals surface area contributed by atoms with Gasteiger partial charge in [0.05, 0.1) is 5.37 Å². The number of carboxylic acids is 1. The van der Waals surface area contributed by atoms with Gasteiger partial charge >= 0.3 is 12.0 Å². The molecule has 2 fully saturated rings. The predicted octanol–water partition coefficient (Wildman–Crippen LogP) is 1.44. The quantitative estimate of drug-likeness (QED) is 0.832. The Balaban J connectivity index is 2.12. The Morgan fingerprint density at radius 1 is 1.47 bits per heavy atom. The first kappa shape index (κ1) is 12.5. The average molecular weight is 258 g/mol. The minimum Gasteiger partial charge on any atom is -0.480 e. The Morgan fingerprint density at radius 2 is 2.12 bits per heavy atom. The van der Waals surface area contributed by atoms with Crippen molar-refractivity contribution >= 4 is 23.8 Å². The molecule has 6 heteroatoms. The van der Waals surface area contributed by atoms with Crippen molar-refractivity contribution in [2.75, 3.05) is 12.3 Å². The molecule has 0 aromatic heterocycles. The van der Waals surface area contributed by atoms with Gasteiger partial charge in [-0.3, -0.25) is 4.90 Å². The van der Waals surface area contributed by atoms with E-state index in [4.69, 9.17) is 5.11 Å². The molecule has 1 aliphatic carbocycles. The topological polar surface area (TPSA) is 60.9 Å². The predicted molar refractivity (Wildman–Crippen MR) is 66.0 cm³/mol. The standard InChI is InChI=1S/C11H18N2O3S/c1-3-12(8-4-5-8)11(16)13-7(2)17-6-9(13)10(14)15/h7-9H,3-6H2,1-2H3,(H,14,15). The van der Waals surface area contributed by atoms with Crippen molar-refractivity contribution < 1.29 is 14.7 Å². The average Bonchev–Trinajstić information content (AvgIpc) is 3.01. The van der Waals surface area contributed by atoms with Crippen LogP contribution in [0.4, 0.5) is 4.79 Å². The number of thioether (sulfide) groups is 1. The van der Waals surface area contributed by atoms with Crippen molar-refractivity contribution in [2.45, 2.75) is 44.1 Å². The monoisotopic (exact) mass is 258 g/mol. The number of carboxylic acid groups (broad SMARTS) is 1. The molecule has 2 atom stereocenters. The summed E-state index contributed by atoms with van der Waals surface area (Å²) in [5.74, 6) is -0.410. The van der Waals surface area contributed by atoms with Crippen molar-refractivity contribution in [1.82, 2.24) is 9.80 Å². The lowest BCUT2D eigenvalue weighted by atomic mass is 10.3. The fourth-order valence-electron chi connectivity index (χ4n) is 2.21. The van der Waals surface area contributed by atoms with E-state index in [1.165, 1.54) is 16.7 Å². The molecule has 1 saturated carbocycles. The van der Waals surface area contributed by atoms with Crippen LogP contribution in [0, 0.1) is 0 Å². The van der Waals surface area contributed by atoms with E-state index in [2.05, 4.69) is 0 Å². The normalized spacial score (nSPS) is 28.2. The maximum atomic E-state index is 12.4. The van der Waals surface area contributed by atoms with Gasteiger partial charge in [-0.15, -0.1) is 11.8 Å². The second-order valence-electron chi connectivity index (χ2n) is 4.49. The van der Waals surface area contributed by atoms with Gasteiger partial charge in [0.1, 0.15) is 6.04 Å². The van der Waals surface area contributed by atoms with Crippen LogP contribution in [-0.2, 0) is 4.79 Å². The minimum absolute atomic E-state index is 0.0450. The van der Waals surface area contributed by atoms with E-state index in [1.54, 1.807) is 4.90 Å². The van der Waals surface area contributed by atoms with E-state index in [-0.39, 0.29) is 11.4 Å². The van der Waals surface area contributed by atoms with Crippen LogP contribution in [0.1, 0.15) is 26.7 Å². The van der Waals surface area contributed by atoms with Crippen LogP contribution < -0.4 is 0 Å². The number of hydrogen-bond acceptors (Lipinski definition) is 3. The summed E-state index contributed by atoms with van der Waals surface area (Å²) >= 11 is 1.53. The number of aliphatic carboxylic acids is 1. The molecule has 2 amide bonds. The lowest BCUT2D eigenvalue weighted by molar-refractivity contribution is -0.141. The molecule has 0 aromatic carbocycles. The van der Waals surface area contributed by atoms with E-state index in [9.17, 15) is 9.59 Å². The van der Waals surface area contributed by atoms with Crippen molar-refractivity contribution in [3.63, 3.8) is 0 Å². The Bertz CT molecular complexity index is 333. The summed E-state index contributed by atoms with van der Waals surface area (Å²) in [5, 5.41) is 9.09. The van der Waals surface area contributed by atoms with Crippen molar-refractivity contribution in [3.8, 4) is 0 Å². The molecule has 1 saturated heterocycles. The molecule has 2 rings (SSSR count). The summed E-state index contributed by atoms with van der Waals surface area (Å²) in [6.07, 6.45) is 2.10. The van der Waals surface area contributed by atoms with Crippen LogP contribution in [0.15, 0.2) is 0 Å². The summed E-state index contributed by atoms with van der Waals surface area (Å²) in [5.41, 5.74) is 0. The van der Waals surface area contributed by atoms with Gasteiger partial charge in [-0.2, -0.15) is 0 Å². The highest BCUT2D eigenvalue weighted by Crippen LogP contribution is 2.33. The highest BCUT2D eigenvalue weighted by atomic mass is 32.2. The van der Waals surface area contributed by atoms with Gasteiger partial charge in [0.25, 0.3) is 0 Å². The maximum Gasteiger partial charge on any atom is 0.327 e. The molecule has 1 N–H and O–H groups in total. The van der Waals surface area contributed by atoms with Crippen molar-refractivity contribution in [2.24, 2.45) is 0 Å². The van der Waals surface area contributed by atoms with Crippen molar-refractivity contribution in [1.29, 1.82) is 0 Å². The Labute approximate surface area is 105 Å². The molecular formula is C11H18N2O3S. The third-order valence-corrected chi connectivity index (χ3v) is 4.52. The molecule has 2 unspecified atom stereocenters. The van der Waals surface area contributed by atoms with Gasteiger partial charge in [-0.25, -0.2) is 9.59 Å². The van der Waals surface area contributed by atoms with Crippen LogP contribution in [-0.4, -0.2) is 56.7 Å². The summed E-state index contributed by atoms with van der Waals surface area (Å²) in [6, 6.07) is -0.449. The van der Waals surface area contributed by atoms with Crippen LogP contribution in [0.3, 0.4) is 0 Å². The zero-order valence-corrected chi connectivity index (χ0v) is 10.9. The van der Waals surface area contributed by atoms with Gasteiger partial charge in [0.15, 0.2) is 0 Å². The first-order valence-electron chi connectivity index (χ1n) is 5.99. The van der Waals surface area contributed by atoms with Gasteiger partial charge in [0.2, 0.25) is 0 Å². The fraction of sp³-hybridized carbons (Fsp3) is 0.818. The number of hydrogen-bond donors (Lipinski definition) is 1. The molecule has 1 aliphatic heterocycles. The van der Waals surface area contributed by atoms with Gasteiger partial charge in [-0.05, 0) is 26.7 Å². The molecule has 0 radical (unpaired) electrons.